The maximum Gasteiger partial charge on any atom is 0.180 e. The Morgan fingerprint density at radius 2 is 1.90 bits per heavy atom. The number of benzene rings is 2. The molecule has 0 aliphatic carbocycles. The van der Waals surface area contributed by atoms with Gasteiger partial charge >= 0.3 is 0 Å². The third-order valence-electron chi connectivity index (χ3n) is 6.23. The molecule has 3 aromatic rings. The van der Waals surface area contributed by atoms with Gasteiger partial charge in [0.05, 0.1) is 22.3 Å². The van der Waals surface area contributed by atoms with Gasteiger partial charge in [-0.3, -0.25) is 0 Å². The summed E-state index contributed by atoms with van der Waals surface area (Å²) in [6.45, 7) is 3.90. The topological polar surface area (TPSA) is 99.8 Å². The summed E-state index contributed by atoms with van der Waals surface area (Å²) in [5.74, 6) is 0.772. The first-order valence-corrected chi connectivity index (χ1v) is 12.1. The van der Waals surface area contributed by atoms with E-state index in [9.17, 15) is 13.5 Å². The van der Waals surface area contributed by atoms with Gasteiger partial charge in [0.25, 0.3) is 0 Å². The summed E-state index contributed by atoms with van der Waals surface area (Å²) < 4.78 is 25.5. The predicted molar refractivity (Wildman–Crippen MR) is 122 cm³/mol. The number of sulfone groups is 1. The van der Waals surface area contributed by atoms with Gasteiger partial charge in [-0.2, -0.15) is 0 Å². The highest BCUT2D eigenvalue weighted by Gasteiger charge is 2.31. The zero-order chi connectivity index (χ0) is 21.8. The number of β-amino-alcohol motifs (C(OH)–C–C–N with tert-alkyl or cyclic N) is 1. The largest absolute Gasteiger partial charge is 0.390 e. The monoisotopic (exact) mass is 438 g/mol. The van der Waals surface area contributed by atoms with Crippen LogP contribution in [0, 0.1) is 6.92 Å². The molecule has 7 nitrogen and oxygen atoms in total. The first kappa shape index (κ1) is 20.2. The van der Waals surface area contributed by atoms with E-state index in [1.54, 1.807) is 12.1 Å². The third kappa shape index (κ3) is 3.64. The molecular formula is C23H26N4O3S. The molecule has 0 spiro atoms. The molecule has 0 saturated carbocycles. The SMILES string of the molecule is Cc1ccc2nc(N3CCS(=O)(=O)c4ccccc4C3)cc(N3CC(N)C(O)C3)c2c1. The molecule has 2 aromatic carbocycles. The third-order valence-corrected chi connectivity index (χ3v) is 8.01. The molecule has 2 unspecified atom stereocenters. The number of nitrogens with zero attached hydrogens (tertiary/aromatic N) is 3. The number of nitrogens with two attached hydrogens (primary N) is 1. The lowest BCUT2D eigenvalue weighted by atomic mass is 10.1. The highest BCUT2D eigenvalue weighted by Crippen LogP contribution is 2.34. The van der Waals surface area contributed by atoms with Crippen LogP contribution >= 0.6 is 0 Å². The Morgan fingerprint density at radius 3 is 2.68 bits per heavy atom. The Bertz CT molecular complexity index is 1250. The Balaban J connectivity index is 1.62. The van der Waals surface area contributed by atoms with Crippen molar-refractivity contribution in [3.8, 4) is 0 Å². The molecule has 8 heteroatoms. The lowest BCUT2D eigenvalue weighted by molar-refractivity contribution is 0.180. The molecule has 1 fully saturated rings. The first-order valence-electron chi connectivity index (χ1n) is 10.5. The van der Waals surface area contributed by atoms with Gasteiger partial charge in [0.1, 0.15) is 5.82 Å². The van der Waals surface area contributed by atoms with Crippen LogP contribution < -0.4 is 15.5 Å². The second kappa shape index (κ2) is 7.47. The van der Waals surface area contributed by atoms with Crippen LogP contribution in [0.5, 0.6) is 0 Å². The number of aryl methyl sites for hydroxylation is 1. The van der Waals surface area contributed by atoms with E-state index in [1.807, 2.05) is 42.2 Å². The number of hydrogen-bond acceptors (Lipinski definition) is 7. The number of anilines is 2. The van der Waals surface area contributed by atoms with Crippen molar-refractivity contribution in [3.05, 3.63) is 59.7 Å². The summed E-state index contributed by atoms with van der Waals surface area (Å²) >= 11 is 0. The van der Waals surface area contributed by atoms with E-state index in [4.69, 9.17) is 10.7 Å². The number of hydrogen-bond donors (Lipinski definition) is 2. The molecule has 3 N–H and O–H groups in total. The molecule has 5 rings (SSSR count). The average Bonchev–Trinajstić information content (AvgIpc) is 3.01. The minimum absolute atomic E-state index is 0.0419. The molecule has 1 saturated heterocycles. The maximum atomic E-state index is 12.8. The zero-order valence-corrected chi connectivity index (χ0v) is 18.2. The highest BCUT2D eigenvalue weighted by atomic mass is 32.2. The first-order chi connectivity index (χ1) is 14.8. The Morgan fingerprint density at radius 1 is 1.10 bits per heavy atom. The van der Waals surface area contributed by atoms with E-state index in [0.29, 0.717) is 31.1 Å². The molecule has 0 radical (unpaired) electrons. The molecule has 3 heterocycles. The molecule has 0 bridgehead atoms. The van der Waals surface area contributed by atoms with Crippen molar-refractivity contribution in [1.82, 2.24) is 4.98 Å². The fraction of sp³-hybridized carbons (Fsp3) is 0.348. The van der Waals surface area contributed by atoms with Crippen molar-refractivity contribution in [2.75, 3.05) is 35.2 Å². The second-order valence-electron chi connectivity index (χ2n) is 8.50. The molecule has 2 aliphatic heterocycles. The normalized spacial score (nSPS) is 23.1. The van der Waals surface area contributed by atoms with Crippen LogP contribution in [0.15, 0.2) is 53.4 Å². The molecule has 0 amide bonds. The second-order valence-corrected chi connectivity index (χ2v) is 10.6. The van der Waals surface area contributed by atoms with Gasteiger partial charge in [-0.25, -0.2) is 13.4 Å². The Hall–Kier alpha value is -2.68. The number of fused-ring (bicyclic) bond motifs is 2. The van der Waals surface area contributed by atoms with E-state index in [1.165, 1.54) is 0 Å². The van der Waals surface area contributed by atoms with E-state index in [2.05, 4.69) is 11.0 Å². The van der Waals surface area contributed by atoms with Crippen LogP contribution in [0.2, 0.25) is 0 Å². The molecule has 162 valence electrons. The summed E-state index contributed by atoms with van der Waals surface area (Å²) in [6.07, 6.45) is -0.577. The fourth-order valence-electron chi connectivity index (χ4n) is 4.50. The van der Waals surface area contributed by atoms with E-state index >= 15 is 0 Å². The van der Waals surface area contributed by atoms with Gasteiger partial charge in [0.15, 0.2) is 9.84 Å². The van der Waals surface area contributed by atoms with Gasteiger partial charge in [0.2, 0.25) is 0 Å². The standard InChI is InChI=1S/C23H26N4O3S/c1-15-6-7-19-17(10-15)20(27-13-18(24)21(28)14-27)11-23(25-19)26-8-9-31(29,30)22-5-3-2-4-16(22)12-26/h2-7,10-11,18,21,28H,8-9,12-14,24H2,1H3. The lowest BCUT2D eigenvalue weighted by Gasteiger charge is -2.26. The van der Waals surface area contributed by atoms with Crippen molar-refractivity contribution >= 4 is 32.2 Å². The van der Waals surface area contributed by atoms with Gasteiger partial charge < -0.3 is 20.6 Å². The van der Waals surface area contributed by atoms with Crippen LogP contribution in [-0.4, -0.2) is 56.0 Å². The van der Waals surface area contributed by atoms with Crippen LogP contribution in [0.1, 0.15) is 11.1 Å². The van der Waals surface area contributed by atoms with Crippen LogP contribution in [0.4, 0.5) is 11.5 Å². The van der Waals surface area contributed by atoms with Crippen molar-refractivity contribution in [2.45, 2.75) is 30.5 Å². The lowest BCUT2D eigenvalue weighted by Crippen LogP contribution is -2.32. The number of aliphatic hydroxyl groups is 1. The van der Waals surface area contributed by atoms with Crippen LogP contribution in [-0.2, 0) is 16.4 Å². The highest BCUT2D eigenvalue weighted by molar-refractivity contribution is 7.91. The van der Waals surface area contributed by atoms with E-state index < -0.39 is 15.9 Å². The van der Waals surface area contributed by atoms with Crippen molar-refractivity contribution in [3.63, 3.8) is 0 Å². The summed E-state index contributed by atoms with van der Waals surface area (Å²) in [5.41, 5.74) is 9.80. The molecule has 2 atom stereocenters. The number of aromatic nitrogens is 1. The summed E-state index contributed by atoms with van der Waals surface area (Å²) in [5, 5.41) is 11.2. The van der Waals surface area contributed by atoms with Gasteiger partial charge in [-0.15, -0.1) is 0 Å². The summed E-state index contributed by atoms with van der Waals surface area (Å²) in [4.78, 5) is 9.42. The molecule has 2 aliphatic rings. The maximum absolute atomic E-state index is 12.8. The molecule has 31 heavy (non-hydrogen) atoms. The summed E-state index contributed by atoms with van der Waals surface area (Å²) in [6, 6.07) is 15.0. The van der Waals surface area contributed by atoms with Crippen LogP contribution in [0.25, 0.3) is 10.9 Å². The van der Waals surface area contributed by atoms with Gasteiger partial charge in [-0.05, 0) is 30.7 Å². The zero-order valence-electron chi connectivity index (χ0n) is 17.4. The Kier molecular flexibility index (Phi) is 4.88. The quantitative estimate of drug-likeness (QED) is 0.630. The molecular weight excluding hydrogens is 412 g/mol. The van der Waals surface area contributed by atoms with Crippen molar-refractivity contribution in [2.24, 2.45) is 5.73 Å². The number of pyridine rings is 1. The molecule has 1 aromatic heterocycles. The van der Waals surface area contributed by atoms with E-state index in [0.717, 1.165) is 33.5 Å². The van der Waals surface area contributed by atoms with Crippen LogP contribution in [0.3, 0.4) is 0 Å². The Labute approximate surface area is 182 Å². The minimum atomic E-state index is -3.34. The number of aliphatic hydroxyl groups excluding tert-OH is 1. The van der Waals surface area contributed by atoms with Gasteiger partial charge in [0, 0.05) is 49.4 Å². The minimum Gasteiger partial charge on any atom is -0.390 e. The predicted octanol–water partition coefficient (Wildman–Crippen LogP) is 1.85. The van der Waals surface area contributed by atoms with Crippen molar-refractivity contribution < 1.29 is 13.5 Å². The fourth-order valence-corrected chi connectivity index (χ4v) is 6.00. The van der Waals surface area contributed by atoms with Gasteiger partial charge in [-0.1, -0.05) is 29.8 Å². The number of rotatable bonds is 2. The average molecular weight is 439 g/mol. The smallest absolute Gasteiger partial charge is 0.180 e. The van der Waals surface area contributed by atoms with E-state index in [-0.39, 0.29) is 11.8 Å². The van der Waals surface area contributed by atoms with Crippen molar-refractivity contribution in [1.29, 1.82) is 0 Å². The summed E-state index contributed by atoms with van der Waals surface area (Å²) in [7, 11) is -3.34.